The molecule has 0 radical (unpaired) electrons. The number of ketones is 2. The number of ether oxygens (including phenoxy) is 4. The van der Waals surface area contributed by atoms with Crippen LogP contribution in [0.2, 0.25) is 0 Å². The molecule has 4 aliphatic carbocycles. The fourth-order valence-corrected chi connectivity index (χ4v) is 8.50. The summed E-state index contributed by atoms with van der Waals surface area (Å²) in [6, 6.07) is 0. The number of fused-ring (bicyclic) bond motifs is 7. The van der Waals surface area contributed by atoms with E-state index in [9.17, 15) is 19.5 Å². The number of carbonyl (C=O) groups excluding carboxylic acids is 3. The van der Waals surface area contributed by atoms with Crippen LogP contribution in [0.3, 0.4) is 0 Å². The van der Waals surface area contributed by atoms with Crippen molar-refractivity contribution >= 4 is 17.7 Å². The summed E-state index contributed by atoms with van der Waals surface area (Å²) >= 11 is 0. The van der Waals surface area contributed by atoms with Crippen LogP contribution in [-0.2, 0) is 28.5 Å². The molecule has 5 aliphatic rings. The predicted molar refractivity (Wildman–Crippen MR) is 142 cm³/mol. The van der Waals surface area contributed by atoms with Gasteiger partial charge in [-0.2, -0.15) is 0 Å². The number of carbonyl (C=O) groups is 3. The van der Waals surface area contributed by atoms with E-state index >= 15 is 0 Å². The van der Waals surface area contributed by atoms with E-state index in [-0.39, 0.29) is 35.9 Å². The van der Waals surface area contributed by atoms with Gasteiger partial charge in [-0.3, -0.25) is 9.59 Å². The van der Waals surface area contributed by atoms with E-state index in [2.05, 4.69) is 13.0 Å². The molecule has 0 aromatic rings. The van der Waals surface area contributed by atoms with E-state index in [0.29, 0.717) is 32.2 Å². The highest BCUT2D eigenvalue weighted by Gasteiger charge is 2.75. The number of aliphatic hydroxyl groups is 1. The molecule has 4 unspecified atom stereocenters. The maximum absolute atomic E-state index is 14.1. The summed E-state index contributed by atoms with van der Waals surface area (Å²) in [5.74, 6) is -0.172. The minimum Gasteiger partial charge on any atom is -0.433 e. The van der Waals surface area contributed by atoms with Crippen molar-refractivity contribution < 1.29 is 38.4 Å². The topological polar surface area (TPSA) is 112 Å². The minimum atomic E-state index is -1.32. The molecule has 5 rings (SSSR count). The highest BCUT2D eigenvalue weighted by molar-refractivity contribution is 5.93. The van der Waals surface area contributed by atoms with Crippen molar-refractivity contribution in [1.29, 1.82) is 0 Å². The molecule has 0 aromatic carbocycles. The third-order valence-electron chi connectivity index (χ3n) is 10.3. The second-order valence-electron chi connectivity index (χ2n) is 12.8. The smallest absolute Gasteiger partial charge is 0.433 e. The van der Waals surface area contributed by atoms with E-state index in [1.165, 1.54) is 0 Å². The summed E-state index contributed by atoms with van der Waals surface area (Å²) in [5, 5.41) is 11.8. The first-order valence-electron chi connectivity index (χ1n) is 14.4. The Morgan fingerprint density at radius 1 is 1.23 bits per heavy atom. The van der Waals surface area contributed by atoms with Gasteiger partial charge in [0.1, 0.15) is 6.61 Å². The van der Waals surface area contributed by atoms with Crippen LogP contribution in [0.5, 0.6) is 0 Å². The van der Waals surface area contributed by atoms with Gasteiger partial charge < -0.3 is 29.0 Å². The Kier molecular flexibility index (Phi) is 7.59. The molecule has 1 aliphatic heterocycles. The summed E-state index contributed by atoms with van der Waals surface area (Å²) in [4.78, 5) is 40.3. The molecule has 0 aromatic heterocycles. The van der Waals surface area contributed by atoms with E-state index in [1.54, 1.807) is 6.08 Å². The molecule has 2 saturated carbocycles. The third-order valence-corrected chi connectivity index (χ3v) is 10.3. The van der Waals surface area contributed by atoms with Gasteiger partial charge in [0.05, 0.1) is 12.2 Å². The average Bonchev–Trinajstić information content (AvgIpc) is 3.35. The van der Waals surface area contributed by atoms with Crippen molar-refractivity contribution in [3.63, 3.8) is 0 Å². The van der Waals surface area contributed by atoms with Gasteiger partial charge in [-0.15, -0.1) is 0 Å². The van der Waals surface area contributed by atoms with Crippen LogP contribution in [0.1, 0.15) is 59.3 Å². The van der Waals surface area contributed by atoms with Crippen LogP contribution < -0.4 is 0 Å². The number of likely N-dealkylation sites (N-methyl/N-ethyl adjacent to an activating group) is 1. The predicted octanol–water partition coefficient (Wildman–Crippen LogP) is 3.44. The zero-order valence-corrected chi connectivity index (χ0v) is 23.8. The zero-order chi connectivity index (χ0) is 28.2. The number of hydrogen-bond donors (Lipinski definition) is 1. The van der Waals surface area contributed by atoms with Crippen molar-refractivity contribution in [1.82, 2.24) is 4.90 Å². The molecule has 3 fully saturated rings. The molecule has 216 valence electrons. The van der Waals surface area contributed by atoms with Gasteiger partial charge >= 0.3 is 6.16 Å². The Bertz CT molecular complexity index is 1070. The van der Waals surface area contributed by atoms with Gasteiger partial charge in [0.25, 0.3) is 0 Å². The van der Waals surface area contributed by atoms with E-state index in [1.807, 2.05) is 38.9 Å². The lowest BCUT2D eigenvalue weighted by Crippen LogP contribution is -2.63. The first-order chi connectivity index (χ1) is 18.5. The Hall–Kier alpha value is -2.07. The largest absolute Gasteiger partial charge is 0.508 e. The minimum absolute atomic E-state index is 0.0510. The van der Waals surface area contributed by atoms with E-state index in [4.69, 9.17) is 18.9 Å². The molecular weight excluding hydrogens is 502 g/mol. The second-order valence-corrected chi connectivity index (χ2v) is 12.8. The van der Waals surface area contributed by atoms with Gasteiger partial charge in [-0.25, -0.2) is 4.79 Å². The molecule has 1 N–H and O–H groups in total. The average molecular weight is 546 g/mol. The molecule has 0 spiro atoms. The standard InChI is InChI=1S/C30H43NO8/c1-6-7-25-38-24-15-21-20-9-8-18-14-19(32)10-11-28(18,2)26(20)22(33)16-29(21,3)30(24,39-25)23(34)17-37-27(35)36-13-12-31(4)5/h8,10-11,20-22,24-26,33H,6-7,9,12-17H2,1-5H3/t20?,21?,22-,24+,25?,26?,28-,29-,30+/m0/s1. The quantitative estimate of drug-likeness (QED) is 0.362. The Morgan fingerprint density at radius 2 is 2.00 bits per heavy atom. The Labute approximate surface area is 230 Å². The molecule has 1 saturated heterocycles. The third kappa shape index (κ3) is 4.49. The molecule has 9 heteroatoms. The van der Waals surface area contributed by atoms with Gasteiger partial charge in [-0.1, -0.05) is 44.9 Å². The summed E-state index contributed by atoms with van der Waals surface area (Å²) < 4.78 is 23.4. The Balaban J connectivity index is 1.42. The Morgan fingerprint density at radius 3 is 2.72 bits per heavy atom. The first-order valence-corrected chi connectivity index (χ1v) is 14.4. The van der Waals surface area contributed by atoms with Crippen molar-refractivity contribution in [3.05, 3.63) is 23.8 Å². The molecule has 39 heavy (non-hydrogen) atoms. The zero-order valence-electron chi connectivity index (χ0n) is 23.8. The number of hydrogen-bond acceptors (Lipinski definition) is 9. The van der Waals surface area contributed by atoms with Crippen molar-refractivity contribution in [2.75, 3.05) is 33.9 Å². The number of Topliss-reactive ketones (excluding diaryl/α,β-unsaturated/α-hetero) is 1. The fourth-order valence-electron chi connectivity index (χ4n) is 8.50. The fraction of sp³-hybridized carbons (Fsp3) is 0.767. The maximum atomic E-state index is 14.1. The van der Waals surface area contributed by atoms with Crippen molar-refractivity contribution in [2.45, 2.75) is 83.4 Å². The van der Waals surface area contributed by atoms with Crippen LogP contribution in [0.25, 0.3) is 0 Å². The maximum Gasteiger partial charge on any atom is 0.508 e. The monoisotopic (exact) mass is 545 g/mol. The summed E-state index contributed by atoms with van der Waals surface area (Å²) in [6.45, 7) is 6.44. The van der Waals surface area contributed by atoms with Crippen LogP contribution in [-0.4, -0.2) is 85.7 Å². The lowest BCUT2D eigenvalue weighted by molar-refractivity contribution is -0.198. The lowest BCUT2D eigenvalue weighted by atomic mass is 9.47. The van der Waals surface area contributed by atoms with E-state index < -0.39 is 47.7 Å². The van der Waals surface area contributed by atoms with Gasteiger partial charge in [0.15, 0.2) is 24.3 Å². The van der Waals surface area contributed by atoms with E-state index in [0.717, 1.165) is 18.4 Å². The number of nitrogens with zero attached hydrogens (tertiary/aromatic N) is 1. The summed E-state index contributed by atoms with van der Waals surface area (Å²) in [6.07, 6.45) is 6.82. The SMILES string of the molecule is CCCC1O[C@@H]2CC3C4CC=C5CC(=O)C=C[C@]5(C)C4[C@@H](O)C[C@]3(C)[C@]2(C(=O)COC(=O)OCCN(C)C)O1. The van der Waals surface area contributed by atoms with Crippen LogP contribution >= 0.6 is 0 Å². The van der Waals surface area contributed by atoms with Crippen LogP contribution in [0.15, 0.2) is 23.8 Å². The van der Waals surface area contributed by atoms with Crippen LogP contribution in [0, 0.1) is 28.6 Å². The molecule has 9 nitrogen and oxygen atoms in total. The highest BCUT2D eigenvalue weighted by Crippen LogP contribution is 2.69. The van der Waals surface area contributed by atoms with Gasteiger partial charge in [-0.05, 0) is 57.7 Å². The van der Waals surface area contributed by atoms with Crippen LogP contribution in [0.4, 0.5) is 4.79 Å². The molecular formula is C30H43NO8. The molecule has 0 bridgehead atoms. The second kappa shape index (κ2) is 10.4. The molecule has 0 amide bonds. The summed E-state index contributed by atoms with van der Waals surface area (Å²) in [7, 11) is 3.74. The number of rotatable bonds is 8. The van der Waals surface area contributed by atoms with Gasteiger partial charge in [0, 0.05) is 29.7 Å². The van der Waals surface area contributed by atoms with Crippen molar-refractivity contribution in [2.24, 2.45) is 28.6 Å². The molecule has 9 atom stereocenters. The molecule has 1 heterocycles. The normalized spacial score (nSPS) is 42.3. The summed E-state index contributed by atoms with van der Waals surface area (Å²) in [5.41, 5.74) is -1.36. The van der Waals surface area contributed by atoms with Crippen molar-refractivity contribution in [3.8, 4) is 0 Å². The highest BCUT2D eigenvalue weighted by atomic mass is 16.7. The number of aliphatic hydroxyl groups excluding tert-OH is 1. The first kappa shape index (κ1) is 28.5. The number of allylic oxidation sites excluding steroid dienone is 4. The lowest BCUT2D eigenvalue weighted by Gasteiger charge is -2.59. The van der Waals surface area contributed by atoms with Gasteiger partial charge in [0.2, 0.25) is 5.78 Å².